The van der Waals surface area contributed by atoms with Gasteiger partial charge in [-0.25, -0.2) is 0 Å². The van der Waals surface area contributed by atoms with Crippen LogP contribution in [0.4, 0.5) is 0 Å². The van der Waals surface area contributed by atoms with Crippen LogP contribution in [0.2, 0.25) is 0 Å². The van der Waals surface area contributed by atoms with Crippen molar-refractivity contribution in [3.05, 3.63) is 57.7 Å². The Hall–Kier alpha value is -2.02. The zero-order valence-electron chi connectivity index (χ0n) is 19.2. The van der Waals surface area contributed by atoms with E-state index < -0.39 is 0 Å². The number of allylic oxidation sites excluding steroid dienone is 1. The maximum Gasteiger partial charge on any atom is 0.130 e. The summed E-state index contributed by atoms with van der Waals surface area (Å²) in [5, 5.41) is 0. The Kier molecular flexibility index (Phi) is 5.49. The molecule has 1 nitrogen and oxygen atoms in total. The highest BCUT2D eigenvalue weighted by Gasteiger charge is 2.28. The van der Waals surface area contributed by atoms with Crippen LogP contribution >= 0.6 is 0 Å². The lowest BCUT2D eigenvalue weighted by Gasteiger charge is -2.27. The Morgan fingerprint density at radius 2 is 1.46 bits per heavy atom. The van der Waals surface area contributed by atoms with Gasteiger partial charge < -0.3 is 4.74 Å². The molecule has 0 radical (unpaired) electrons. The molecular formula is C27H36O. The lowest BCUT2D eigenvalue weighted by Crippen LogP contribution is -2.14. The fourth-order valence-corrected chi connectivity index (χ4v) is 4.20. The van der Waals surface area contributed by atoms with Crippen molar-refractivity contribution < 1.29 is 4.74 Å². The van der Waals surface area contributed by atoms with Crippen LogP contribution in [0.3, 0.4) is 0 Å². The maximum absolute atomic E-state index is 6.10. The van der Waals surface area contributed by atoms with Gasteiger partial charge in [-0.05, 0) is 64.5 Å². The summed E-state index contributed by atoms with van der Waals surface area (Å²) in [5.74, 6) is 2.05. The summed E-state index contributed by atoms with van der Waals surface area (Å²) in [7, 11) is 1.82. The minimum atomic E-state index is 0.0238. The van der Waals surface area contributed by atoms with E-state index in [1.807, 2.05) is 7.11 Å². The molecule has 150 valence electrons. The van der Waals surface area contributed by atoms with Crippen LogP contribution in [0.25, 0.3) is 17.2 Å². The summed E-state index contributed by atoms with van der Waals surface area (Å²) < 4.78 is 6.10. The Morgan fingerprint density at radius 3 is 1.93 bits per heavy atom. The van der Waals surface area contributed by atoms with E-state index in [1.165, 1.54) is 44.5 Å². The standard InChI is InChI=1S/C27H36O/c1-16(2)19-12-20(17(3)4)14-22(13-19)25-23-11-18(5)10-21(23)15-24(26(25)28-9)27(6,7)8/h10,12-17H,11H2,1-9H3. The largest absolute Gasteiger partial charge is 0.496 e. The molecule has 0 unspecified atom stereocenters. The molecule has 0 N–H and O–H groups in total. The second-order valence-corrected chi connectivity index (χ2v) is 10.0. The molecule has 28 heavy (non-hydrogen) atoms. The Labute approximate surface area is 171 Å². The first kappa shape index (κ1) is 20.7. The Morgan fingerprint density at radius 1 is 0.893 bits per heavy atom. The predicted molar refractivity (Wildman–Crippen MR) is 123 cm³/mol. The minimum absolute atomic E-state index is 0.0238. The molecule has 0 amide bonds. The summed E-state index contributed by atoms with van der Waals surface area (Å²) in [6.45, 7) is 18.2. The fourth-order valence-electron chi connectivity index (χ4n) is 4.20. The van der Waals surface area contributed by atoms with E-state index in [0.29, 0.717) is 11.8 Å². The quantitative estimate of drug-likeness (QED) is 0.527. The van der Waals surface area contributed by atoms with Gasteiger partial charge in [0.05, 0.1) is 7.11 Å². The first-order chi connectivity index (χ1) is 13.0. The van der Waals surface area contributed by atoms with Crippen molar-refractivity contribution in [3.63, 3.8) is 0 Å². The highest BCUT2D eigenvalue weighted by Crippen LogP contribution is 2.47. The molecule has 0 fully saturated rings. The second-order valence-electron chi connectivity index (χ2n) is 10.0. The number of fused-ring (bicyclic) bond motifs is 1. The molecule has 3 rings (SSSR count). The van der Waals surface area contributed by atoms with Crippen LogP contribution in [0.5, 0.6) is 5.75 Å². The second kappa shape index (κ2) is 7.43. The van der Waals surface area contributed by atoms with E-state index in [9.17, 15) is 0 Å². The van der Waals surface area contributed by atoms with E-state index in [-0.39, 0.29) is 5.41 Å². The van der Waals surface area contributed by atoms with Crippen LogP contribution < -0.4 is 4.74 Å². The van der Waals surface area contributed by atoms with Crippen LogP contribution in [-0.2, 0) is 11.8 Å². The third-order valence-corrected chi connectivity index (χ3v) is 5.89. The number of hydrogen-bond donors (Lipinski definition) is 0. The van der Waals surface area contributed by atoms with Crippen molar-refractivity contribution in [2.24, 2.45) is 0 Å². The van der Waals surface area contributed by atoms with E-state index in [1.54, 1.807) is 0 Å². The number of benzene rings is 2. The van der Waals surface area contributed by atoms with Crippen LogP contribution in [0.1, 0.15) is 95.0 Å². The van der Waals surface area contributed by atoms with Gasteiger partial charge in [0.1, 0.15) is 5.75 Å². The smallest absolute Gasteiger partial charge is 0.130 e. The van der Waals surface area contributed by atoms with E-state index in [4.69, 9.17) is 4.74 Å². The first-order valence-corrected chi connectivity index (χ1v) is 10.6. The van der Waals surface area contributed by atoms with E-state index in [2.05, 4.69) is 85.7 Å². The molecule has 0 bridgehead atoms. The van der Waals surface area contributed by atoms with Crippen LogP contribution in [0, 0.1) is 0 Å². The summed E-state index contributed by atoms with van der Waals surface area (Å²) in [6.07, 6.45) is 3.36. The van der Waals surface area contributed by atoms with Gasteiger partial charge in [0.25, 0.3) is 0 Å². The fraction of sp³-hybridized carbons (Fsp3) is 0.481. The average Bonchev–Trinajstić information content (AvgIpc) is 2.98. The Bertz CT molecular complexity index is 894. The highest BCUT2D eigenvalue weighted by molar-refractivity contribution is 5.84. The van der Waals surface area contributed by atoms with Gasteiger partial charge >= 0.3 is 0 Å². The summed E-state index contributed by atoms with van der Waals surface area (Å²) in [6, 6.07) is 9.50. The number of hydrogen-bond acceptors (Lipinski definition) is 1. The zero-order valence-corrected chi connectivity index (χ0v) is 19.2. The summed E-state index contributed by atoms with van der Waals surface area (Å²) in [4.78, 5) is 0. The molecule has 1 aliphatic rings. The SMILES string of the molecule is COc1c(C(C)(C)C)cc2c(c1-c1cc(C(C)C)cc(C(C)C)c1)CC(C)=C2. The zero-order chi connectivity index (χ0) is 20.8. The van der Waals surface area contributed by atoms with Crippen molar-refractivity contribution >= 4 is 6.08 Å². The predicted octanol–water partition coefficient (Wildman–Crippen LogP) is 7.87. The molecule has 1 heteroatoms. The van der Waals surface area contributed by atoms with Gasteiger partial charge in [-0.2, -0.15) is 0 Å². The van der Waals surface area contributed by atoms with Gasteiger partial charge in [-0.1, -0.05) is 78.3 Å². The normalized spacial score (nSPS) is 13.9. The molecule has 0 atom stereocenters. The molecule has 0 heterocycles. The minimum Gasteiger partial charge on any atom is -0.496 e. The van der Waals surface area contributed by atoms with E-state index in [0.717, 1.165) is 12.2 Å². The third kappa shape index (κ3) is 3.77. The van der Waals surface area contributed by atoms with Crippen molar-refractivity contribution in [2.45, 2.75) is 79.1 Å². The molecule has 0 aliphatic heterocycles. The highest BCUT2D eigenvalue weighted by atomic mass is 16.5. The van der Waals surface area contributed by atoms with E-state index >= 15 is 0 Å². The third-order valence-electron chi connectivity index (χ3n) is 5.89. The molecule has 0 saturated carbocycles. The molecule has 1 aliphatic carbocycles. The molecular weight excluding hydrogens is 340 g/mol. The Balaban J connectivity index is 2.38. The molecule has 0 spiro atoms. The van der Waals surface area contributed by atoms with Crippen LogP contribution in [-0.4, -0.2) is 7.11 Å². The lowest BCUT2D eigenvalue weighted by molar-refractivity contribution is 0.399. The van der Waals surface area contributed by atoms with Gasteiger partial charge in [-0.3, -0.25) is 0 Å². The van der Waals surface area contributed by atoms with Gasteiger partial charge in [0.15, 0.2) is 0 Å². The van der Waals surface area contributed by atoms with Crippen LogP contribution in [0.15, 0.2) is 29.8 Å². The molecule has 2 aromatic rings. The van der Waals surface area contributed by atoms with Gasteiger partial charge in [0.2, 0.25) is 0 Å². The topological polar surface area (TPSA) is 9.23 Å². The summed E-state index contributed by atoms with van der Waals surface area (Å²) >= 11 is 0. The molecule has 2 aromatic carbocycles. The average molecular weight is 377 g/mol. The number of methoxy groups -OCH3 is 1. The number of rotatable bonds is 4. The number of ether oxygens (including phenoxy) is 1. The summed E-state index contributed by atoms with van der Waals surface area (Å²) in [5.41, 5.74) is 10.9. The van der Waals surface area contributed by atoms with Crippen molar-refractivity contribution in [3.8, 4) is 16.9 Å². The van der Waals surface area contributed by atoms with Crippen molar-refractivity contribution in [1.29, 1.82) is 0 Å². The lowest BCUT2D eigenvalue weighted by atomic mass is 9.80. The van der Waals surface area contributed by atoms with Crippen molar-refractivity contribution in [2.75, 3.05) is 7.11 Å². The van der Waals surface area contributed by atoms with Gasteiger partial charge in [-0.15, -0.1) is 0 Å². The molecule has 0 saturated heterocycles. The van der Waals surface area contributed by atoms with Gasteiger partial charge in [0, 0.05) is 11.1 Å². The van der Waals surface area contributed by atoms with Crippen molar-refractivity contribution in [1.82, 2.24) is 0 Å². The first-order valence-electron chi connectivity index (χ1n) is 10.6. The monoisotopic (exact) mass is 376 g/mol. The molecule has 0 aromatic heterocycles. The maximum atomic E-state index is 6.10.